The molecule has 1 fully saturated rings. The number of benzene rings is 2. The van der Waals surface area contributed by atoms with Gasteiger partial charge in [-0.1, -0.05) is 54.6 Å². The molecule has 2 atom stereocenters. The Morgan fingerprint density at radius 2 is 1.67 bits per heavy atom. The van der Waals surface area contributed by atoms with E-state index in [1.807, 2.05) is 0 Å². The molecule has 2 aromatic carbocycles. The quantitative estimate of drug-likeness (QED) is 0.942. The van der Waals surface area contributed by atoms with Crippen LogP contribution in [0.1, 0.15) is 22.6 Å². The Morgan fingerprint density at radius 3 is 2.38 bits per heavy atom. The lowest BCUT2D eigenvalue weighted by Gasteiger charge is -2.17. The topological polar surface area (TPSA) is 29.3 Å². The number of aryl methyl sites for hydroxylation is 1. The molecule has 0 bridgehead atoms. The minimum absolute atomic E-state index is 0. The smallest absolute Gasteiger partial charge is 0.0250 e. The van der Waals surface area contributed by atoms with E-state index in [9.17, 15) is 0 Å². The zero-order valence-corrected chi connectivity index (χ0v) is 13.2. The molecule has 1 aliphatic heterocycles. The normalized spacial score (nSPS) is 22.0. The van der Waals surface area contributed by atoms with Gasteiger partial charge < -0.3 is 5.73 Å². The van der Waals surface area contributed by atoms with Gasteiger partial charge in [0.25, 0.3) is 0 Å². The summed E-state index contributed by atoms with van der Waals surface area (Å²) in [4.78, 5) is 2.48. The molecule has 3 heteroatoms. The zero-order chi connectivity index (χ0) is 13.9. The van der Waals surface area contributed by atoms with Gasteiger partial charge in [0.05, 0.1) is 0 Å². The third-order valence-electron chi connectivity index (χ3n) is 4.32. The van der Waals surface area contributed by atoms with Gasteiger partial charge in [-0.05, 0) is 23.6 Å². The summed E-state index contributed by atoms with van der Waals surface area (Å²) in [6.07, 6.45) is 0. The number of hydrogen-bond donors (Lipinski definition) is 1. The molecular weight excluding hydrogens is 280 g/mol. The summed E-state index contributed by atoms with van der Waals surface area (Å²) < 4.78 is 0. The third-order valence-corrected chi connectivity index (χ3v) is 4.32. The van der Waals surface area contributed by atoms with Crippen LogP contribution in [0.25, 0.3) is 0 Å². The monoisotopic (exact) mass is 302 g/mol. The predicted molar refractivity (Wildman–Crippen MR) is 90.9 cm³/mol. The van der Waals surface area contributed by atoms with Gasteiger partial charge >= 0.3 is 0 Å². The van der Waals surface area contributed by atoms with Gasteiger partial charge in [0.1, 0.15) is 0 Å². The molecule has 3 rings (SSSR count). The van der Waals surface area contributed by atoms with Gasteiger partial charge in [-0.15, -0.1) is 12.4 Å². The van der Waals surface area contributed by atoms with Crippen LogP contribution in [0.3, 0.4) is 0 Å². The largest absolute Gasteiger partial charge is 0.326 e. The summed E-state index contributed by atoms with van der Waals surface area (Å²) in [5.41, 5.74) is 10.5. The molecule has 0 spiro atoms. The Kier molecular flexibility index (Phi) is 5.40. The van der Waals surface area contributed by atoms with Crippen LogP contribution in [0.5, 0.6) is 0 Å². The van der Waals surface area contributed by atoms with Gasteiger partial charge in [0.2, 0.25) is 0 Å². The van der Waals surface area contributed by atoms with Crippen molar-refractivity contribution >= 4 is 12.4 Å². The van der Waals surface area contributed by atoms with E-state index in [-0.39, 0.29) is 18.4 Å². The standard InChI is InChI=1S/C18H22N2.ClH/c1-14-7-5-6-10-16(14)11-20-12-17(18(19)13-20)15-8-3-2-4-9-15;/h2-10,17-18H,11-13,19H2,1H3;1H/t17-,18+;/m0./s1. The Morgan fingerprint density at radius 1 is 1.00 bits per heavy atom. The van der Waals surface area contributed by atoms with Crippen LogP contribution >= 0.6 is 12.4 Å². The lowest BCUT2D eigenvalue weighted by atomic mass is 9.95. The molecule has 2 nitrogen and oxygen atoms in total. The minimum atomic E-state index is 0. The van der Waals surface area contributed by atoms with Crippen molar-refractivity contribution < 1.29 is 0 Å². The number of likely N-dealkylation sites (tertiary alicyclic amines) is 1. The van der Waals surface area contributed by atoms with Crippen LogP contribution in [0.2, 0.25) is 0 Å². The SMILES string of the molecule is Cc1ccccc1CN1C[C@@H](N)[C@H](c2ccccc2)C1.Cl. The highest BCUT2D eigenvalue weighted by Crippen LogP contribution is 2.27. The van der Waals surface area contributed by atoms with E-state index in [4.69, 9.17) is 5.73 Å². The summed E-state index contributed by atoms with van der Waals surface area (Å²) in [5, 5.41) is 0. The highest BCUT2D eigenvalue weighted by molar-refractivity contribution is 5.85. The van der Waals surface area contributed by atoms with E-state index >= 15 is 0 Å². The van der Waals surface area contributed by atoms with Crippen molar-refractivity contribution in [1.29, 1.82) is 0 Å². The van der Waals surface area contributed by atoms with E-state index < -0.39 is 0 Å². The van der Waals surface area contributed by atoms with Crippen LogP contribution in [0, 0.1) is 6.92 Å². The molecule has 2 N–H and O–H groups in total. The van der Waals surface area contributed by atoms with Crippen molar-refractivity contribution in [2.75, 3.05) is 13.1 Å². The van der Waals surface area contributed by atoms with E-state index in [2.05, 4.69) is 66.4 Å². The maximum Gasteiger partial charge on any atom is 0.0250 e. The summed E-state index contributed by atoms with van der Waals surface area (Å²) in [7, 11) is 0. The van der Waals surface area contributed by atoms with E-state index in [1.54, 1.807) is 0 Å². The van der Waals surface area contributed by atoms with Crippen molar-refractivity contribution in [3.8, 4) is 0 Å². The zero-order valence-electron chi connectivity index (χ0n) is 12.4. The molecule has 112 valence electrons. The molecule has 0 saturated carbocycles. The number of nitrogens with zero attached hydrogens (tertiary/aromatic N) is 1. The first kappa shape index (κ1) is 16.0. The molecule has 0 amide bonds. The average Bonchev–Trinajstić information content (AvgIpc) is 2.83. The Bertz CT molecular complexity index is 570. The molecule has 2 aromatic rings. The number of hydrogen-bond acceptors (Lipinski definition) is 2. The van der Waals surface area contributed by atoms with Crippen LogP contribution < -0.4 is 5.73 Å². The van der Waals surface area contributed by atoms with Gasteiger partial charge in [-0.3, -0.25) is 4.90 Å². The molecule has 21 heavy (non-hydrogen) atoms. The molecular formula is C18H23ClN2. The molecule has 0 aromatic heterocycles. The fourth-order valence-electron chi connectivity index (χ4n) is 3.12. The first-order valence-electron chi connectivity index (χ1n) is 7.31. The fraction of sp³-hybridized carbons (Fsp3) is 0.333. The number of rotatable bonds is 3. The second-order valence-electron chi connectivity index (χ2n) is 5.80. The Labute approximate surface area is 133 Å². The first-order valence-corrected chi connectivity index (χ1v) is 7.31. The predicted octanol–water partition coefficient (Wildman–Crippen LogP) is 3.34. The second kappa shape index (κ2) is 7.08. The van der Waals surface area contributed by atoms with Crippen molar-refractivity contribution in [3.63, 3.8) is 0 Å². The molecule has 0 unspecified atom stereocenters. The van der Waals surface area contributed by atoms with Gasteiger partial charge in [0, 0.05) is 31.6 Å². The number of halogens is 1. The summed E-state index contributed by atoms with van der Waals surface area (Å²) in [6.45, 7) is 5.22. The van der Waals surface area contributed by atoms with Crippen LogP contribution in [-0.2, 0) is 6.54 Å². The summed E-state index contributed by atoms with van der Waals surface area (Å²) in [5.74, 6) is 0.459. The first-order chi connectivity index (χ1) is 9.74. The maximum atomic E-state index is 6.35. The highest BCUT2D eigenvalue weighted by Gasteiger charge is 2.31. The molecule has 1 saturated heterocycles. The lowest BCUT2D eigenvalue weighted by molar-refractivity contribution is 0.323. The fourth-order valence-corrected chi connectivity index (χ4v) is 3.12. The summed E-state index contributed by atoms with van der Waals surface area (Å²) >= 11 is 0. The molecule has 1 heterocycles. The van der Waals surface area contributed by atoms with Crippen LogP contribution in [0.15, 0.2) is 54.6 Å². The molecule has 0 aliphatic carbocycles. The van der Waals surface area contributed by atoms with Crippen molar-refractivity contribution in [1.82, 2.24) is 4.90 Å². The van der Waals surface area contributed by atoms with Gasteiger partial charge in [-0.2, -0.15) is 0 Å². The highest BCUT2D eigenvalue weighted by atomic mass is 35.5. The molecule has 0 radical (unpaired) electrons. The summed E-state index contributed by atoms with van der Waals surface area (Å²) in [6, 6.07) is 19.5. The van der Waals surface area contributed by atoms with Crippen molar-refractivity contribution in [2.45, 2.75) is 25.4 Å². The maximum absolute atomic E-state index is 6.35. The Hall–Kier alpha value is -1.35. The average molecular weight is 303 g/mol. The third kappa shape index (κ3) is 3.65. The lowest BCUT2D eigenvalue weighted by Crippen LogP contribution is -2.28. The Balaban J connectivity index is 0.00000161. The van der Waals surface area contributed by atoms with E-state index in [0.717, 1.165) is 19.6 Å². The van der Waals surface area contributed by atoms with Crippen LogP contribution in [-0.4, -0.2) is 24.0 Å². The second-order valence-corrected chi connectivity index (χ2v) is 5.80. The molecule has 1 aliphatic rings. The number of nitrogens with two attached hydrogens (primary N) is 1. The minimum Gasteiger partial charge on any atom is -0.326 e. The van der Waals surface area contributed by atoms with E-state index in [0.29, 0.717) is 5.92 Å². The van der Waals surface area contributed by atoms with E-state index in [1.165, 1.54) is 16.7 Å². The van der Waals surface area contributed by atoms with Gasteiger partial charge in [-0.25, -0.2) is 0 Å². The van der Waals surface area contributed by atoms with Gasteiger partial charge in [0.15, 0.2) is 0 Å². The van der Waals surface area contributed by atoms with Crippen LogP contribution in [0.4, 0.5) is 0 Å². The van der Waals surface area contributed by atoms with Crippen molar-refractivity contribution in [2.24, 2.45) is 5.73 Å². The van der Waals surface area contributed by atoms with Crippen molar-refractivity contribution in [3.05, 3.63) is 71.3 Å².